The first kappa shape index (κ1) is 21.7. The quantitative estimate of drug-likeness (QED) is 0.264. The molecule has 0 saturated heterocycles. The lowest BCUT2D eigenvalue weighted by molar-refractivity contribution is 0.0728. The van der Waals surface area contributed by atoms with Gasteiger partial charge in [0.1, 0.15) is 5.82 Å². The molecule has 31 heavy (non-hydrogen) atoms. The Morgan fingerprint density at radius 2 is 1.65 bits per heavy atom. The number of amides is 1. The minimum atomic E-state index is -0.492. The lowest BCUT2D eigenvalue weighted by Gasteiger charge is -2.11. The number of rotatable bonds is 7. The number of halogens is 1. The van der Waals surface area contributed by atoms with Crippen molar-refractivity contribution in [2.75, 3.05) is 6.61 Å². The third-order valence-corrected chi connectivity index (χ3v) is 4.24. The number of hydrogen-bond donors (Lipinski definition) is 1. The predicted molar refractivity (Wildman–Crippen MR) is 115 cm³/mol. The van der Waals surface area contributed by atoms with Gasteiger partial charge in [0.05, 0.1) is 18.4 Å². The van der Waals surface area contributed by atoms with Gasteiger partial charge >= 0.3 is 5.97 Å². The molecular weight excluding hydrogens is 399 g/mol. The normalized spacial score (nSPS) is 10.7. The zero-order chi connectivity index (χ0) is 22.2. The number of aryl methyl sites for hydroxylation is 1. The zero-order valence-corrected chi connectivity index (χ0v) is 17.1. The number of hydrazone groups is 1. The highest BCUT2D eigenvalue weighted by Gasteiger charge is 2.13. The summed E-state index contributed by atoms with van der Waals surface area (Å²) in [6.07, 6.45) is 1.43. The lowest BCUT2D eigenvalue weighted by Crippen LogP contribution is -2.17. The molecule has 158 valence electrons. The van der Waals surface area contributed by atoms with E-state index >= 15 is 0 Å². The fourth-order valence-electron chi connectivity index (χ4n) is 2.64. The average Bonchev–Trinajstić information content (AvgIpc) is 2.76. The summed E-state index contributed by atoms with van der Waals surface area (Å²) in [5, 5.41) is 3.91. The Balaban J connectivity index is 1.69. The fraction of sp³-hybridized carbons (Fsp3) is 0.125. The highest BCUT2D eigenvalue weighted by atomic mass is 19.1. The molecule has 3 rings (SSSR count). The van der Waals surface area contributed by atoms with Crippen molar-refractivity contribution in [3.05, 3.63) is 94.8 Å². The standard InChI is InChI=1S/C24H21FN2O4/c1-3-30-22-14-17(15-26-27-23(28)18-9-11-20(25)12-10-18)6-13-21(22)31-24(29)19-7-4-16(2)5-8-19/h4-15H,3H2,1-2H3,(H,27,28)/b26-15-. The maximum absolute atomic E-state index is 12.9. The van der Waals surface area contributed by atoms with Gasteiger partial charge in [0.15, 0.2) is 11.5 Å². The van der Waals surface area contributed by atoms with E-state index in [1.165, 1.54) is 30.5 Å². The van der Waals surface area contributed by atoms with Crippen LogP contribution in [0.5, 0.6) is 11.5 Å². The number of benzene rings is 3. The highest BCUT2D eigenvalue weighted by Crippen LogP contribution is 2.29. The molecule has 0 unspecified atom stereocenters. The van der Waals surface area contributed by atoms with Crippen LogP contribution in [0.3, 0.4) is 0 Å². The van der Waals surface area contributed by atoms with Gasteiger partial charge in [-0.15, -0.1) is 0 Å². The maximum atomic E-state index is 12.9. The maximum Gasteiger partial charge on any atom is 0.343 e. The average molecular weight is 420 g/mol. The summed E-state index contributed by atoms with van der Waals surface area (Å²) in [5.74, 6) is -0.734. The van der Waals surface area contributed by atoms with Gasteiger partial charge in [-0.05, 0) is 74.0 Å². The van der Waals surface area contributed by atoms with Gasteiger partial charge in [-0.3, -0.25) is 4.79 Å². The van der Waals surface area contributed by atoms with E-state index in [-0.39, 0.29) is 11.3 Å². The lowest BCUT2D eigenvalue weighted by atomic mass is 10.1. The number of ether oxygens (including phenoxy) is 2. The van der Waals surface area contributed by atoms with E-state index in [0.717, 1.165) is 5.56 Å². The summed E-state index contributed by atoms with van der Waals surface area (Å²) >= 11 is 0. The van der Waals surface area contributed by atoms with Crippen molar-refractivity contribution >= 4 is 18.1 Å². The Bertz CT molecular complexity index is 1090. The number of hydrogen-bond acceptors (Lipinski definition) is 5. The second-order valence-corrected chi connectivity index (χ2v) is 6.60. The minimum Gasteiger partial charge on any atom is -0.490 e. The van der Waals surface area contributed by atoms with Crippen LogP contribution in [0, 0.1) is 12.7 Å². The first-order valence-electron chi connectivity index (χ1n) is 9.61. The van der Waals surface area contributed by atoms with E-state index in [4.69, 9.17) is 9.47 Å². The van der Waals surface area contributed by atoms with Crippen LogP contribution < -0.4 is 14.9 Å². The molecular formula is C24H21FN2O4. The van der Waals surface area contributed by atoms with Crippen molar-refractivity contribution in [1.82, 2.24) is 5.43 Å². The summed E-state index contributed by atoms with van der Waals surface area (Å²) in [4.78, 5) is 24.4. The molecule has 0 fully saturated rings. The van der Waals surface area contributed by atoms with Crippen molar-refractivity contribution in [2.24, 2.45) is 5.10 Å². The molecule has 1 N–H and O–H groups in total. The third-order valence-electron chi connectivity index (χ3n) is 4.24. The first-order chi connectivity index (χ1) is 15.0. The molecule has 0 aliphatic carbocycles. The van der Waals surface area contributed by atoms with Gasteiger partial charge in [0.2, 0.25) is 0 Å². The third kappa shape index (κ3) is 5.99. The van der Waals surface area contributed by atoms with Gasteiger partial charge in [0.25, 0.3) is 5.91 Å². The van der Waals surface area contributed by atoms with E-state index in [9.17, 15) is 14.0 Å². The Labute approximate surface area is 179 Å². The van der Waals surface area contributed by atoms with Crippen LogP contribution in [-0.2, 0) is 0 Å². The molecule has 1 amide bonds. The van der Waals surface area contributed by atoms with Crippen LogP contribution in [0.15, 0.2) is 71.8 Å². The van der Waals surface area contributed by atoms with Gasteiger partial charge < -0.3 is 9.47 Å². The second-order valence-electron chi connectivity index (χ2n) is 6.60. The van der Waals surface area contributed by atoms with Crippen LogP contribution in [0.4, 0.5) is 4.39 Å². The largest absolute Gasteiger partial charge is 0.490 e. The smallest absolute Gasteiger partial charge is 0.343 e. The molecule has 0 heterocycles. The molecule has 7 heteroatoms. The molecule has 0 spiro atoms. The SMILES string of the molecule is CCOc1cc(/C=N\NC(=O)c2ccc(F)cc2)ccc1OC(=O)c1ccc(C)cc1. The number of carbonyl (C=O) groups excluding carboxylic acids is 2. The monoisotopic (exact) mass is 420 g/mol. The Kier molecular flexibility index (Phi) is 7.11. The molecule has 0 bridgehead atoms. The minimum absolute atomic E-state index is 0.278. The van der Waals surface area contributed by atoms with Gasteiger partial charge in [-0.1, -0.05) is 17.7 Å². The summed E-state index contributed by atoms with van der Waals surface area (Å²) in [7, 11) is 0. The van der Waals surface area contributed by atoms with E-state index < -0.39 is 17.7 Å². The van der Waals surface area contributed by atoms with Crippen LogP contribution in [0.1, 0.15) is 38.8 Å². The van der Waals surface area contributed by atoms with Gasteiger partial charge in [0, 0.05) is 5.56 Å². The number of esters is 1. The fourth-order valence-corrected chi connectivity index (χ4v) is 2.64. The summed E-state index contributed by atoms with van der Waals surface area (Å²) in [6, 6.07) is 17.1. The van der Waals surface area contributed by atoms with Gasteiger partial charge in [-0.25, -0.2) is 14.6 Å². The van der Waals surface area contributed by atoms with Crippen molar-refractivity contribution in [3.8, 4) is 11.5 Å². The number of nitrogens with zero attached hydrogens (tertiary/aromatic N) is 1. The molecule has 3 aromatic rings. The molecule has 0 aliphatic rings. The Morgan fingerprint density at radius 3 is 2.32 bits per heavy atom. The first-order valence-corrected chi connectivity index (χ1v) is 9.61. The molecule has 3 aromatic carbocycles. The number of carbonyl (C=O) groups is 2. The van der Waals surface area contributed by atoms with Crippen LogP contribution in [0.2, 0.25) is 0 Å². The molecule has 0 aliphatic heterocycles. The van der Waals surface area contributed by atoms with E-state index in [2.05, 4.69) is 10.5 Å². The topological polar surface area (TPSA) is 77.0 Å². The van der Waals surface area contributed by atoms with Crippen molar-refractivity contribution in [3.63, 3.8) is 0 Å². The van der Waals surface area contributed by atoms with E-state index in [1.54, 1.807) is 30.3 Å². The molecule has 0 radical (unpaired) electrons. The van der Waals surface area contributed by atoms with Crippen LogP contribution >= 0.6 is 0 Å². The Morgan fingerprint density at radius 1 is 0.968 bits per heavy atom. The predicted octanol–water partition coefficient (Wildman–Crippen LogP) is 4.52. The van der Waals surface area contributed by atoms with Gasteiger partial charge in [-0.2, -0.15) is 5.10 Å². The molecule has 0 aromatic heterocycles. The molecule has 0 atom stereocenters. The summed E-state index contributed by atoms with van der Waals surface area (Å²) < 4.78 is 24.0. The van der Waals surface area contributed by atoms with E-state index in [0.29, 0.717) is 23.5 Å². The Hall–Kier alpha value is -4.00. The second kappa shape index (κ2) is 10.2. The summed E-state index contributed by atoms with van der Waals surface area (Å²) in [5.41, 5.74) is 4.76. The zero-order valence-electron chi connectivity index (χ0n) is 17.1. The van der Waals surface area contributed by atoms with Crippen molar-refractivity contribution in [2.45, 2.75) is 13.8 Å². The van der Waals surface area contributed by atoms with Crippen molar-refractivity contribution in [1.29, 1.82) is 0 Å². The highest BCUT2D eigenvalue weighted by molar-refractivity contribution is 5.95. The van der Waals surface area contributed by atoms with E-state index in [1.807, 2.05) is 26.0 Å². The molecule has 0 saturated carbocycles. The van der Waals surface area contributed by atoms with Crippen molar-refractivity contribution < 1.29 is 23.5 Å². The molecule has 6 nitrogen and oxygen atoms in total. The van der Waals surface area contributed by atoms with Crippen LogP contribution in [-0.4, -0.2) is 24.7 Å². The number of nitrogens with one attached hydrogen (secondary N) is 1. The van der Waals surface area contributed by atoms with Crippen LogP contribution in [0.25, 0.3) is 0 Å². The summed E-state index contributed by atoms with van der Waals surface area (Å²) in [6.45, 7) is 4.12.